The van der Waals surface area contributed by atoms with Crippen LogP contribution in [0.25, 0.3) is 0 Å². The average molecular weight is 361 g/mol. The summed E-state index contributed by atoms with van der Waals surface area (Å²) in [5, 5.41) is 0.0211. The van der Waals surface area contributed by atoms with Gasteiger partial charge >= 0.3 is 0 Å². The predicted molar refractivity (Wildman–Crippen MR) is 93.9 cm³/mol. The average Bonchev–Trinajstić information content (AvgIpc) is 2.58. The zero-order valence-corrected chi connectivity index (χ0v) is 14.6. The molecule has 3 rings (SSSR count). The molecule has 1 aliphatic rings. The lowest BCUT2D eigenvalue weighted by Gasteiger charge is -2.22. The van der Waals surface area contributed by atoms with Gasteiger partial charge in [-0.1, -0.05) is 24.6 Å². The molecule has 2 aromatic carbocycles. The van der Waals surface area contributed by atoms with Gasteiger partial charge in [-0.15, -0.1) is 0 Å². The molecule has 1 saturated carbocycles. The highest BCUT2D eigenvalue weighted by Crippen LogP contribution is 2.34. The molecule has 0 radical (unpaired) electrons. The van der Waals surface area contributed by atoms with Gasteiger partial charge in [-0.25, -0.2) is 4.39 Å². The van der Waals surface area contributed by atoms with Crippen molar-refractivity contribution in [3.63, 3.8) is 0 Å². The van der Waals surface area contributed by atoms with E-state index in [1.54, 1.807) is 18.2 Å². The SMILES string of the molecule is CCc1ccc(Oc2ccc(Cl)c(F)c2)cc1C1C(=O)CCCC1=O. The quantitative estimate of drug-likeness (QED) is 0.700. The molecule has 1 fully saturated rings. The van der Waals surface area contributed by atoms with Crippen LogP contribution in [-0.4, -0.2) is 11.6 Å². The van der Waals surface area contributed by atoms with Crippen LogP contribution < -0.4 is 4.74 Å². The molecule has 0 atom stereocenters. The highest BCUT2D eigenvalue weighted by molar-refractivity contribution is 6.30. The fourth-order valence-electron chi connectivity index (χ4n) is 3.16. The van der Waals surface area contributed by atoms with Gasteiger partial charge in [0, 0.05) is 18.9 Å². The summed E-state index contributed by atoms with van der Waals surface area (Å²) in [4.78, 5) is 24.6. The normalized spacial score (nSPS) is 15.5. The van der Waals surface area contributed by atoms with Crippen LogP contribution in [0.3, 0.4) is 0 Å². The number of halogens is 2. The molecule has 0 aliphatic heterocycles. The number of hydrogen-bond donors (Lipinski definition) is 0. The van der Waals surface area contributed by atoms with Crippen molar-refractivity contribution in [1.29, 1.82) is 0 Å². The molecular formula is C20H18ClFO3. The molecule has 1 aliphatic carbocycles. The Morgan fingerprint density at radius 1 is 1.08 bits per heavy atom. The number of carbonyl (C=O) groups is 2. The third kappa shape index (κ3) is 3.74. The molecule has 0 bridgehead atoms. The molecule has 0 N–H and O–H groups in total. The lowest BCUT2D eigenvalue weighted by Crippen LogP contribution is -2.27. The number of benzene rings is 2. The van der Waals surface area contributed by atoms with Gasteiger partial charge in [0.2, 0.25) is 0 Å². The van der Waals surface area contributed by atoms with Crippen molar-refractivity contribution >= 4 is 23.2 Å². The Bertz CT molecular complexity index is 816. The van der Waals surface area contributed by atoms with Crippen molar-refractivity contribution in [2.75, 3.05) is 0 Å². The molecule has 130 valence electrons. The maximum atomic E-state index is 13.6. The Morgan fingerprint density at radius 2 is 1.72 bits per heavy atom. The van der Waals surface area contributed by atoms with E-state index >= 15 is 0 Å². The van der Waals surface area contributed by atoms with E-state index in [0.717, 1.165) is 5.56 Å². The Hall–Kier alpha value is -2.20. The van der Waals surface area contributed by atoms with E-state index in [9.17, 15) is 14.0 Å². The van der Waals surface area contributed by atoms with E-state index < -0.39 is 11.7 Å². The smallest absolute Gasteiger partial charge is 0.147 e. The van der Waals surface area contributed by atoms with Crippen molar-refractivity contribution in [3.05, 3.63) is 58.4 Å². The molecule has 0 heterocycles. The third-order valence-electron chi connectivity index (χ3n) is 4.43. The molecule has 0 saturated heterocycles. The van der Waals surface area contributed by atoms with Crippen LogP contribution in [0.5, 0.6) is 11.5 Å². The molecule has 0 unspecified atom stereocenters. The standard InChI is InChI=1S/C20H18ClFO3/c1-2-12-6-7-13(25-14-8-9-16(21)17(22)11-14)10-15(12)20-18(23)4-3-5-19(20)24/h6-11,20H,2-5H2,1H3. The third-order valence-corrected chi connectivity index (χ3v) is 4.73. The van der Waals surface area contributed by atoms with Crippen molar-refractivity contribution in [2.45, 2.75) is 38.5 Å². The number of ether oxygens (including phenoxy) is 1. The van der Waals surface area contributed by atoms with E-state index in [4.69, 9.17) is 16.3 Å². The van der Waals surface area contributed by atoms with Gasteiger partial charge in [0.15, 0.2) is 0 Å². The number of ketones is 2. The second kappa shape index (κ2) is 7.36. The van der Waals surface area contributed by atoms with Crippen LogP contribution in [0.15, 0.2) is 36.4 Å². The Labute approximate surface area is 150 Å². The molecule has 0 aromatic heterocycles. The van der Waals surface area contributed by atoms with E-state index in [2.05, 4.69) is 0 Å². The first kappa shape index (κ1) is 17.6. The topological polar surface area (TPSA) is 43.4 Å². The van der Waals surface area contributed by atoms with Gasteiger partial charge in [-0.05, 0) is 48.2 Å². The Morgan fingerprint density at radius 3 is 2.36 bits per heavy atom. The molecule has 0 spiro atoms. The number of Topliss-reactive ketones (excluding diaryl/α,β-unsaturated/α-hetero) is 2. The molecule has 5 heteroatoms. The van der Waals surface area contributed by atoms with Crippen molar-refractivity contribution in [3.8, 4) is 11.5 Å². The van der Waals surface area contributed by atoms with Crippen LogP contribution in [0, 0.1) is 5.82 Å². The summed E-state index contributed by atoms with van der Waals surface area (Å²) in [6.45, 7) is 1.98. The van der Waals surface area contributed by atoms with Gasteiger partial charge in [0.05, 0.1) is 5.02 Å². The number of hydrogen-bond acceptors (Lipinski definition) is 3. The van der Waals surface area contributed by atoms with E-state index in [1.807, 2.05) is 13.0 Å². The molecule has 25 heavy (non-hydrogen) atoms. The highest BCUT2D eigenvalue weighted by Gasteiger charge is 2.32. The van der Waals surface area contributed by atoms with Gasteiger partial charge in [0.25, 0.3) is 0 Å². The van der Waals surface area contributed by atoms with Crippen LogP contribution in [0.2, 0.25) is 5.02 Å². The van der Waals surface area contributed by atoms with E-state index in [1.165, 1.54) is 12.1 Å². The summed E-state index contributed by atoms with van der Waals surface area (Å²) in [6, 6.07) is 9.51. The highest BCUT2D eigenvalue weighted by atomic mass is 35.5. The van der Waals surface area contributed by atoms with E-state index in [0.29, 0.717) is 42.7 Å². The fourth-order valence-corrected chi connectivity index (χ4v) is 3.27. The summed E-state index contributed by atoms with van der Waals surface area (Å²) >= 11 is 5.68. The lowest BCUT2D eigenvalue weighted by atomic mass is 9.79. The largest absolute Gasteiger partial charge is 0.457 e. The van der Waals surface area contributed by atoms with Gasteiger partial charge in [0.1, 0.15) is 34.8 Å². The van der Waals surface area contributed by atoms with Crippen molar-refractivity contribution in [2.24, 2.45) is 0 Å². The Kier molecular flexibility index (Phi) is 5.19. The first-order valence-corrected chi connectivity index (χ1v) is 8.68. The number of aryl methyl sites for hydroxylation is 1. The van der Waals surface area contributed by atoms with Gasteiger partial charge in [-0.3, -0.25) is 9.59 Å². The van der Waals surface area contributed by atoms with Gasteiger partial charge in [-0.2, -0.15) is 0 Å². The zero-order chi connectivity index (χ0) is 18.0. The molecular weight excluding hydrogens is 343 g/mol. The summed E-state index contributed by atoms with van der Waals surface area (Å²) in [5.74, 6) is -0.601. The van der Waals surface area contributed by atoms with Crippen molar-refractivity contribution < 1.29 is 18.7 Å². The first-order valence-electron chi connectivity index (χ1n) is 8.30. The summed E-state index contributed by atoms with van der Waals surface area (Å²) in [5.41, 5.74) is 1.65. The van der Waals surface area contributed by atoms with Crippen molar-refractivity contribution in [1.82, 2.24) is 0 Å². The maximum absolute atomic E-state index is 13.6. The second-order valence-electron chi connectivity index (χ2n) is 6.11. The lowest BCUT2D eigenvalue weighted by molar-refractivity contribution is -0.131. The summed E-state index contributed by atoms with van der Waals surface area (Å²) < 4.78 is 19.3. The predicted octanol–water partition coefficient (Wildman–Crippen LogP) is 5.24. The first-order chi connectivity index (χ1) is 12.0. The molecule has 2 aromatic rings. The minimum Gasteiger partial charge on any atom is -0.457 e. The molecule has 0 amide bonds. The summed E-state index contributed by atoms with van der Waals surface area (Å²) in [6.07, 6.45) is 2.18. The van der Waals surface area contributed by atoms with Gasteiger partial charge < -0.3 is 4.74 Å². The van der Waals surface area contributed by atoms with Crippen LogP contribution in [0.4, 0.5) is 4.39 Å². The monoisotopic (exact) mass is 360 g/mol. The minimum absolute atomic E-state index is 0.0211. The second-order valence-corrected chi connectivity index (χ2v) is 6.52. The number of carbonyl (C=O) groups excluding carboxylic acids is 2. The summed E-state index contributed by atoms with van der Waals surface area (Å²) in [7, 11) is 0. The Balaban J connectivity index is 1.95. The molecule has 3 nitrogen and oxygen atoms in total. The van der Waals surface area contributed by atoms with Crippen LogP contribution in [0.1, 0.15) is 43.2 Å². The minimum atomic E-state index is -0.714. The zero-order valence-electron chi connectivity index (χ0n) is 13.9. The number of rotatable bonds is 4. The van der Waals surface area contributed by atoms with Crippen LogP contribution >= 0.6 is 11.6 Å². The maximum Gasteiger partial charge on any atom is 0.147 e. The van der Waals surface area contributed by atoms with E-state index in [-0.39, 0.29) is 16.6 Å². The fraction of sp³-hybridized carbons (Fsp3) is 0.300. The van der Waals surface area contributed by atoms with Crippen LogP contribution in [-0.2, 0) is 16.0 Å².